The Morgan fingerprint density at radius 2 is 1.25 bits per heavy atom. The summed E-state index contributed by atoms with van der Waals surface area (Å²) in [6.07, 6.45) is -3.37. The maximum Gasteiger partial charge on any atom is 0.312 e. The van der Waals surface area contributed by atoms with Crippen molar-refractivity contribution in [2.45, 2.75) is 70.2 Å². The Labute approximate surface area is 227 Å². The lowest BCUT2D eigenvalue weighted by atomic mass is 9.95. The number of primary amides is 2. The Morgan fingerprint density at radius 1 is 0.800 bits per heavy atom. The number of fused-ring (bicyclic) bond motifs is 2. The van der Waals surface area contributed by atoms with Gasteiger partial charge in [-0.2, -0.15) is 0 Å². The van der Waals surface area contributed by atoms with E-state index in [-0.39, 0.29) is 64.0 Å². The summed E-state index contributed by atoms with van der Waals surface area (Å²) in [6.45, 7) is 3.14. The van der Waals surface area contributed by atoms with Crippen LogP contribution in [0.25, 0.3) is 0 Å². The second-order valence-electron chi connectivity index (χ2n) is 9.09. The van der Waals surface area contributed by atoms with Crippen LogP contribution in [-0.2, 0) is 47.8 Å². The van der Waals surface area contributed by atoms with Gasteiger partial charge < -0.3 is 45.2 Å². The van der Waals surface area contributed by atoms with Crippen LogP contribution < -0.4 is 11.5 Å². The number of carbonyl (C=O) groups excluding carboxylic acids is 3. The van der Waals surface area contributed by atoms with E-state index >= 15 is 0 Å². The fraction of sp³-hybridized carbons (Fsp3) is 0.810. The highest BCUT2D eigenvalue weighted by atomic mass is 17.0. The molecule has 4 aliphatic rings. The maximum atomic E-state index is 11.5. The number of nitrogens with zero attached hydrogens (tertiary/aromatic N) is 2. The molecule has 40 heavy (non-hydrogen) atoms. The number of nitrogens with two attached hydrogens (primary N) is 2. The molecule has 19 heteroatoms. The number of ketones is 1. The largest absolute Gasteiger partial charge is 0.481 e. The minimum absolute atomic E-state index is 0. The van der Waals surface area contributed by atoms with Crippen molar-refractivity contribution in [3.05, 3.63) is 20.2 Å². The number of Topliss-reactive ketones (excluding diaryl/α,β-unsaturated/α-hetero) is 1. The van der Waals surface area contributed by atoms with Gasteiger partial charge in [0.25, 0.3) is 10.2 Å². The molecule has 0 bridgehead atoms. The second-order valence-corrected chi connectivity index (χ2v) is 9.09. The molecule has 228 valence electrons. The van der Waals surface area contributed by atoms with Gasteiger partial charge in [0.05, 0.1) is 45.1 Å². The van der Waals surface area contributed by atoms with E-state index in [1.807, 2.05) is 6.92 Å². The van der Waals surface area contributed by atoms with Crippen LogP contribution in [0.15, 0.2) is 0 Å². The van der Waals surface area contributed by atoms with Gasteiger partial charge in [0.1, 0.15) is 24.4 Å². The predicted molar refractivity (Wildman–Crippen MR) is 127 cm³/mol. The summed E-state index contributed by atoms with van der Waals surface area (Å²) in [6, 6.07) is 0. The quantitative estimate of drug-likeness (QED) is 0.148. The molecule has 4 aliphatic heterocycles. The van der Waals surface area contributed by atoms with Crippen molar-refractivity contribution in [2.24, 2.45) is 23.3 Å². The third-order valence-corrected chi connectivity index (χ3v) is 6.00. The van der Waals surface area contributed by atoms with Gasteiger partial charge >= 0.3 is 5.97 Å². The lowest BCUT2D eigenvalue weighted by Gasteiger charge is -2.15. The van der Waals surface area contributed by atoms with E-state index in [0.29, 0.717) is 12.5 Å². The van der Waals surface area contributed by atoms with Crippen molar-refractivity contribution in [2.75, 3.05) is 26.4 Å². The van der Waals surface area contributed by atoms with Crippen LogP contribution in [-0.4, -0.2) is 102 Å². The van der Waals surface area contributed by atoms with Crippen LogP contribution in [0.3, 0.4) is 0 Å². The summed E-state index contributed by atoms with van der Waals surface area (Å²) in [4.78, 5) is 70.6. The van der Waals surface area contributed by atoms with Gasteiger partial charge in [-0.25, -0.2) is 0 Å². The first kappa shape index (κ1) is 34.3. The highest BCUT2D eigenvalue weighted by Crippen LogP contribution is 2.35. The number of hydrogen-bond acceptors (Lipinski definition) is 14. The zero-order valence-corrected chi connectivity index (χ0v) is 20.8. The molecule has 0 aromatic heterocycles. The normalized spacial score (nSPS) is 31.0. The van der Waals surface area contributed by atoms with Gasteiger partial charge in [0.2, 0.25) is 11.8 Å². The van der Waals surface area contributed by atoms with E-state index in [9.17, 15) is 39.4 Å². The number of aliphatic carboxylic acids is 1. The summed E-state index contributed by atoms with van der Waals surface area (Å²) in [7, 11) is 0. The first-order valence-electron chi connectivity index (χ1n) is 11.7. The van der Waals surface area contributed by atoms with Gasteiger partial charge in [-0.05, 0) is 0 Å². The first-order chi connectivity index (χ1) is 18.3. The number of carbonyl (C=O) groups is 4. The monoisotopic (exact) mass is 582 g/mol. The smallest absolute Gasteiger partial charge is 0.312 e. The molecule has 8 atom stereocenters. The van der Waals surface area contributed by atoms with Crippen LogP contribution in [0, 0.1) is 32.1 Å². The van der Waals surface area contributed by atoms with Crippen molar-refractivity contribution in [3.63, 3.8) is 0 Å². The van der Waals surface area contributed by atoms with Crippen molar-refractivity contribution in [3.8, 4) is 0 Å². The number of ether oxygens (including phenoxy) is 4. The molecule has 0 radical (unpaired) electrons. The van der Waals surface area contributed by atoms with Crippen molar-refractivity contribution in [1.82, 2.24) is 0 Å². The van der Waals surface area contributed by atoms with Gasteiger partial charge in [-0.1, -0.05) is 14.4 Å². The molecule has 4 heterocycles. The molecule has 0 unspecified atom stereocenters. The molecule has 4 rings (SSSR count). The van der Waals surface area contributed by atoms with Crippen molar-refractivity contribution >= 4 is 23.6 Å². The van der Waals surface area contributed by atoms with Crippen LogP contribution in [0.1, 0.15) is 33.6 Å². The zero-order valence-electron chi connectivity index (χ0n) is 20.8. The summed E-state index contributed by atoms with van der Waals surface area (Å²) < 4.78 is 21.5. The molecule has 4 fully saturated rings. The van der Waals surface area contributed by atoms with E-state index in [1.54, 1.807) is 0 Å². The Balaban J connectivity index is 0.000000331. The van der Waals surface area contributed by atoms with Crippen LogP contribution in [0.2, 0.25) is 0 Å². The molecular formula is C21H34N4O15. The van der Waals surface area contributed by atoms with Gasteiger partial charge in [-0.15, -0.1) is 20.2 Å². The predicted octanol–water partition coefficient (Wildman–Crippen LogP) is -1.61. The molecule has 2 amide bonds. The van der Waals surface area contributed by atoms with E-state index in [1.165, 1.54) is 0 Å². The Morgan fingerprint density at radius 3 is 1.70 bits per heavy atom. The van der Waals surface area contributed by atoms with Gasteiger partial charge in [-0.3, -0.25) is 19.2 Å². The highest BCUT2D eigenvalue weighted by Gasteiger charge is 2.50. The molecule has 0 aromatic carbocycles. The minimum atomic E-state index is -1.19. The highest BCUT2D eigenvalue weighted by molar-refractivity contribution is 5.97. The van der Waals surface area contributed by atoms with E-state index in [4.69, 9.17) is 29.8 Å². The molecule has 5 N–H and O–H groups in total. The number of carboxylic acids is 1. The third-order valence-electron chi connectivity index (χ3n) is 6.00. The lowest BCUT2D eigenvalue weighted by Crippen LogP contribution is -2.33. The topological polar surface area (TPSA) is 282 Å². The lowest BCUT2D eigenvalue weighted by molar-refractivity contribution is -0.769. The molecule has 0 aromatic rings. The van der Waals surface area contributed by atoms with Crippen LogP contribution in [0.4, 0.5) is 0 Å². The van der Waals surface area contributed by atoms with Crippen LogP contribution >= 0.6 is 0 Å². The third kappa shape index (κ3) is 10.5. The molecule has 0 aliphatic carbocycles. The Kier molecular flexibility index (Phi) is 13.6. The summed E-state index contributed by atoms with van der Waals surface area (Å²) in [5.41, 5.74) is 9.41. The summed E-state index contributed by atoms with van der Waals surface area (Å²) >= 11 is 0. The SMILES string of the molecule is C.C[C@H]1CO[C@H]2[C@@H]1OC[C@H]2O[N+](=O)[O-].NC(=O)CC(=O)C[C@H]1CO[C@H]2[C@@H]1OC[C@H]2O[N+](=O)[O-].NC(=O)CC(=O)O. The molecular weight excluding hydrogens is 548 g/mol. The number of rotatable bonds is 10. The maximum absolute atomic E-state index is 11.5. The second kappa shape index (κ2) is 15.8. The first-order valence-corrected chi connectivity index (χ1v) is 11.7. The summed E-state index contributed by atoms with van der Waals surface area (Å²) in [5.74, 6) is -2.89. The fourth-order valence-corrected chi connectivity index (χ4v) is 4.48. The summed E-state index contributed by atoms with van der Waals surface area (Å²) in [5, 5.41) is 26.5. The molecule has 0 saturated carbocycles. The number of carboxylic acid groups (broad SMARTS) is 1. The van der Waals surface area contributed by atoms with E-state index in [0.717, 1.165) is 0 Å². The van der Waals surface area contributed by atoms with Crippen LogP contribution in [0.5, 0.6) is 0 Å². The average Bonchev–Trinajstić information content (AvgIpc) is 3.54. The van der Waals surface area contributed by atoms with E-state index < -0.39 is 58.8 Å². The standard InChI is InChI=1S/C10H14N2O7.C7H11NO5.C3H5NO3.CH4/c11-8(14)2-6(13)1-5-3-17-10-7(19-12(15)16)4-18-9(5)10;1-4-2-11-7-5(13-8(9)10)3-12-6(4)7;4-2(5)1-3(6)7;/h5,7,9-10H,1-4H2,(H2,11,14);4-7H,2-3H2,1H3;1H2,(H2,4,5)(H,6,7);1H4/t5-,7+,9+,10+;4-,5+,6+,7+;;/m00../s1. The van der Waals surface area contributed by atoms with E-state index in [2.05, 4.69) is 15.4 Å². The number of amides is 2. The van der Waals surface area contributed by atoms with Crippen molar-refractivity contribution < 1.29 is 63.1 Å². The van der Waals surface area contributed by atoms with Crippen molar-refractivity contribution in [1.29, 1.82) is 0 Å². The zero-order chi connectivity index (χ0) is 29.3. The molecule has 19 nitrogen and oxygen atoms in total. The fourth-order valence-electron chi connectivity index (χ4n) is 4.48. The van der Waals surface area contributed by atoms with Gasteiger partial charge in [0.15, 0.2) is 12.2 Å². The Bertz CT molecular complexity index is 922. The minimum Gasteiger partial charge on any atom is -0.481 e. The molecule has 4 saturated heterocycles. The number of hydrogen-bond donors (Lipinski definition) is 3. The molecule has 0 spiro atoms. The van der Waals surface area contributed by atoms with Gasteiger partial charge in [0, 0.05) is 18.3 Å². The average molecular weight is 583 g/mol. The Hall–Kier alpha value is -3.68.